The Balaban J connectivity index is 0.971. The highest BCUT2D eigenvalue weighted by Crippen LogP contribution is 2.34. The second-order valence-electron chi connectivity index (χ2n) is 14.1. The van der Waals surface area contributed by atoms with Gasteiger partial charge in [0.15, 0.2) is 6.29 Å². The second-order valence-corrected chi connectivity index (χ2v) is 14.1. The molecule has 2 saturated heterocycles. The molecule has 0 saturated carbocycles. The molecule has 5 aromatic rings. The molecule has 0 radical (unpaired) electrons. The van der Waals surface area contributed by atoms with Gasteiger partial charge in [-0.05, 0) is 67.4 Å². The van der Waals surface area contributed by atoms with Crippen LogP contribution in [0.1, 0.15) is 35.8 Å². The molecule has 14 heteroatoms. The summed E-state index contributed by atoms with van der Waals surface area (Å²) in [5.74, 6) is -1.53. The molecule has 12 nitrogen and oxygen atoms in total. The summed E-state index contributed by atoms with van der Waals surface area (Å²) in [6.45, 7) is 6.99. The number of nitrogens with one attached hydrogen (secondary N) is 3. The third kappa shape index (κ3) is 7.52. The zero-order chi connectivity index (χ0) is 38.8. The van der Waals surface area contributed by atoms with E-state index in [0.29, 0.717) is 28.7 Å². The summed E-state index contributed by atoms with van der Waals surface area (Å²) in [6.07, 6.45) is 7.08. The number of imidazole rings is 1. The minimum Gasteiger partial charge on any atom is -0.495 e. The average Bonchev–Trinajstić information content (AvgIpc) is 3.62. The van der Waals surface area contributed by atoms with Crippen LogP contribution < -0.4 is 25.6 Å². The number of aromatic nitrogens is 2. The van der Waals surface area contributed by atoms with Crippen molar-refractivity contribution < 1.29 is 23.1 Å². The number of piperazine rings is 1. The molecule has 288 valence electrons. The zero-order valence-corrected chi connectivity index (χ0v) is 31.2. The minimum absolute atomic E-state index is 0.155. The van der Waals surface area contributed by atoms with Crippen LogP contribution >= 0.6 is 0 Å². The maximum absolute atomic E-state index is 14.3. The van der Waals surface area contributed by atoms with E-state index >= 15 is 0 Å². The first-order valence-electron chi connectivity index (χ1n) is 18.8. The Bertz CT molecular complexity index is 2310. The molecule has 2 amide bonds. The standard InChI is InChI=1S/C42H43F2N9O3/c1-27(54)50-21-23-52(24-22-50)30-15-19-51(20-16-30)31-12-13-34(36(26-31)56-2)46-42-45-17-14-35(47-42)40-38(48-37-11-3-4-18-53(37)40)28-7-5-8-29(25-28)41(55)49-39-32(43)9-6-10-33(39)44/h3-14,17-18,25-26,30,42,46-47H,15-16,19-24H2,1-2H3,(H,49,55). The molecule has 2 aromatic heterocycles. The quantitative estimate of drug-likeness (QED) is 0.166. The summed E-state index contributed by atoms with van der Waals surface area (Å²) in [4.78, 5) is 41.4. The lowest BCUT2D eigenvalue weighted by atomic mass is 10.0. The van der Waals surface area contributed by atoms with Crippen molar-refractivity contribution >= 4 is 46.4 Å². The van der Waals surface area contributed by atoms with Gasteiger partial charge in [-0.2, -0.15) is 0 Å². The molecule has 0 spiro atoms. The van der Waals surface area contributed by atoms with Gasteiger partial charge in [-0.25, -0.2) is 18.8 Å². The molecule has 2 fully saturated rings. The Kier molecular flexibility index (Phi) is 10.4. The van der Waals surface area contributed by atoms with Gasteiger partial charge in [0.05, 0.1) is 29.9 Å². The van der Waals surface area contributed by atoms with Gasteiger partial charge in [0.1, 0.15) is 28.7 Å². The van der Waals surface area contributed by atoms with Gasteiger partial charge in [-0.3, -0.25) is 18.9 Å². The Morgan fingerprint density at radius 1 is 0.893 bits per heavy atom. The van der Waals surface area contributed by atoms with Crippen molar-refractivity contribution in [3.63, 3.8) is 0 Å². The fourth-order valence-corrected chi connectivity index (χ4v) is 7.76. The van der Waals surface area contributed by atoms with Crippen LogP contribution in [-0.2, 0) is 4.79 Å². The largest absolute Gasteiger partial charge is 0.495 e. The third-order valence-electron chi connectivity index (χ3n) is 10.7. The SMILES string of the molecule is COc1cc(N2CCC(N3CCN(C(C)=O)CC3)CC2)ccc1NC1N=CC=C(c2c(-c3cccc(C(=O)Nc4c(F)cccc4F)c3)nc3ccccn23)N1. The number of carbonyl (C=O) groups is 2. The molecule has 3 N–H and O–H groups in total. The van der Waals surface area contributed by atoms with Gasteiger partial charge in [-0.15, -0.1) is 0 Å². The lowest BCUT2D eigenvalue weighted by Crippen LogP contribution is -2.54. The zero-order valence-electron chi connectivity index (χ0n) is 31.2. The van der Waals surface area contributed by atoms with E-state index in [1.165, 1.54) is 6.07 Å². The van der Waals surface area contributed by atoms with Crippen LogP contribution in [0, 0.1) is 11.6 Å². The van der Waals surface area contributed by atoms with Gasteiger partial charge in [0.2, 0.25) is 5.91 Å². The molecule has 0 aliphatic carbocycles. The Morgan fingerprint density at radius 2 is 1.66 bits per heavy atom. The number of benzene rings is 3. The van der Waals surface area contributed by atoms with E-state index in [-0.39, 0.29) is 11.5 Å². The predicted octanol–water partition coefficient (Wildman–Crippen LogP) is 6.08. The number of carbonyl (C=O) groups excluding carboxylic acids is 2. The van der Waals surface area contributed by atoms with Crippen molar-refractivity contribution in [1.29, 1.82) is 0 Å². The van der Waals surface area contributed by atoms with Gasteiger partial charge < -0.3 is 30.5 Å². The summed E-state index contributed by atoms with van der Waals surface area (Å²) in [7, 11) is 1.66. The van der Waals surface area contributed by atoms with E-state index in [9.17, 15) is 18.4 Å². The van der Waals surface area contributed by atoms with Crippen LogP contribution in [0.3, 0.4) is 0 Å². The molecule has 1 unspecified atom stereocenters. The highest BCUT2D eigenvalue weighted by molar-refractivity contribution is 6.05. The predicted molar refractivity (Wildman–Crippen MR) is 214 cm³/mol. The van der Waals surface area contributed by atoms with Crippen LogP contribution in [0.15, 0.2) is 96.1 Å². The molecule has 8 rings (SSSR count). The highest BCUT2D eigenvalue weighted by Gasteiger charge is 2.29. The van der Waals surface area contributed by atoms with Gasteiger partial charge in [-0.1, -0.05) is 24.3 Å². The first kappa shape index (κ1) is 36.7. The van der Waals surface area contributed by atoms with Crippen molar-refractivity contribution in [2.45, 2.75) is 32.1 Å². The number of anilines is 3. The fourth-order valence-electron chi connectivity index (χ4n) is 7.76. The summed E-state index contributed by atoms with van der Waals surface area (Å²) >= 11 is 0. The van der Waals surface area contributed by atoms with E-state index in [1.807, 2.05) is 51.9 Å². The smallest absolute Gasteiger partial charge is 0.255 e. The Labute approximate surface area is 323 Å². The number of piperidine rings is 1. The number of allylic oxidation sites excluding steroid dienone is 1. The monoisotopic (exact) mass is 759 g/mol. The van der Waals surface area contributed by atoms with E-state index < -0.39 is 29.5 Å². The summed E-state index contributed by atoms with van der Waals surface area (Å²) in [6, 6.07) is 22.6. The molecule has 5 heterocycles. The molecule has 0 bridgehead atoms. The summed E-state index contributed by atoms with van der Waals surface area (Å²) < 4.78 is 36.5. The number of rotatable bonds is 9. The number of fused-ring (bicyclic) bond motifs is 1. The maximum Gasteiger partial charge on any atom is 0.255 e. The molecule has 3 aromatic carbocycles. The Hall–Kier alpha value is -6.28. The van der Waals surface area contributed by atoms with Crippen LogP contribution in [0.4, 0.5) is 25.8 Å². The lowest BCUT2D eigenvalue weighted by Gasteiger charge is -2.43. The van der Waals surface area contributed by atoms with Crippen molar-refractivity contribution in [2.24, 2.45) is 4.99 Å². The van der Waals surface area contributed by atoms with Crippen LogP contribution in [0.2, 0.25) is 0 Å². The number of aliphatic imine (C=N–C) groups is 1. The second kappa shape index (κ2) is 15.8. The van der Waals surface area contributed by atoms with Gasteiger partial charge in [0.25, 0.3) is 5.91 Å². The molecule has 56 heavy (non-hydrogen) atoms. The number of nitrogens with zero attached hydrogens (tertiary/aromatic N) is 6. The van der Waals surface area contributed by atoms with Crippen molar-refractivity contribution in [2.75, 3.05) is 61.9 Å². The number of methoxy groups -OCH3 is 1. The lowest BCUT2D eigenvalue weighted by molar-refractivity contribution is -0.130. The summed E-state index contributed by atoms with van der Waals surface area (Å²) in [5.41, 5.74) is 4.97. The highest BCUT2D eigenvalue weighted by atomic mass is 19.1. The number of para-hydroxylation sites is 1. The van der Waals surface area contributed by atoms with Crippen molar-refractivity contribution in [3.8, 4) is 17.0 Å². The van der Waals surface area contributed by atoms with Crippen molar-refractivity contribution in [3.05, 3.63) is 114 Å². The molecular formula is C42H43F2N9O3. The van der Waals surface area contributed by atoms with Crippen molar-refractivity contribution in [1.82, 2.24) is 24.5 Å². The molecule has 1 atom stereocenters. The maximum atomic E-state index is 14.3. The minimum atomic E-state index is -0.861. The normalized spacial score (nSPS) is 17.7. The number of hydrogen-bond acceptors (Lipinski definition) is 9. The van der Waals surface area contributed by atoms with E-state index in [0.717, 1.165) is 87.0 Å². The fraction of sp³-hybridized carbons (Fsp3) is 0.286. The van der Waals surface area contributed by atoms with E-state index in [1.54, 1.807) is 38.4 Å². The van der Waals surface area contributed by atoms with Gasteiger partial charge in [0, 0.05) is 87.5 Å². The van der Waals surface area contributed by atoms with Crippen LogP contribution in [0.25, 0.3) is 22.6 Å². The number of hydrogen-bond donors (Lipinski definition) is 3. The van der Waals surface area contributed by atoms with Crippen LogP contribution in [-0.4, -0.2) is 95.9 Å². The number of pyridine rings is 1. The van der Waals surface area contributed by atoms with E-state index in [2.05, 4.69) is 42.9 Å². The van der Waals surface area contributed by atoms with Gasteiger partial charge >= 0.3 is 0 Å². The summed E-state index contributed by atoms with van der Waals surface area (Å²) in [5, 5.41) is 9.34. The third-order valence-corrected chi connectivity index (χ3v) is 10.7. The first-order chi connectivity index (χ1) is 27.2. The van der Waals surface area contributed by atoms with Crippen LogP contribution in [0.5, 0.6) is 5.75 Å². The number of ether oxygens (including phenoxy) is 1. The topological polar surface area (TPSA) is 119 Å². The van der Waals surface area contributed by atoms with E-state index in [4.69, 9.17) is 9.72 Å². The first-order valence-corrected chi connectivity index (χ1v) is 18.8. The molecule has 3 aliphatic rings. The molecule has 3 aliphatic heterocycles. The Morgan fingerprint density at radius 3 is 2.41 bits per heavy atom. The number of halogens is 2. The molecular weight excluding hydrogens is 717 g/mol. The number of amides is 2. The average molecular weight is 760 g/mol.